The molecule has 25 heavy (non-hydrogen) atoms. The first kappa shape index (κ1) is 17.6. The van der Waals surface area contributed by atoms with Crippen molar-refractivity contribution in [2.45, 2.75) is 17.9 Å². The molecule has 2 aromatic heterocycles. The lowest BCUT2D eigenvalue weighted by Crippen LogP contribution is -2.38. The summed E-state index contributed by atoms with van der Waals surface area (Å²) in [5.74, 6) is 1.47. The number of thioether (sulfide) groups is 1. The molecule has 0 saturated heterocycles. The van der Waals surface area contributed by atoms with Crippen LogP contribution in [0.2, 0.25) is 5.02 Å². The predicted molar refractivity (Wildman–Crippen MR) is 100 cm³/mol. The molecule has 130 valence electrons. The number of pyridine rings is 1. The van der Waals surface area contributed by atoms with Crippen LogP contribution in [0.3, 0.4) is 0 Å². The Bertz CT molecular complexity index is 852. The van der Waals surface area contributed by atoms with E-state index < -0.39 is 0 Å². The number of rotatable bonds is 6. The van der Waals surface area contributed by atoms with E-state index in [0.717, 1.165) is 21.3 Å². The Balaban J connectivity index is 1.45. The van der Waals surface area contributed by atoms with Crippen molar-refractivity contribution in [2.24, 2.45) is 0 Å². The number of carbonyl (C=O) groups is 1. The first-order valence-corrected chi connectivity index (χ1v) is 9.22. The predicted octanol–water partition coefficient (Wildman–Crippen LogP) is 3.54. The van der Waals surface area contributed by atoms with Crippen molar-refractivity contribution < 1.29 is 4.79 Å². The van der Waals surface area contributed by atoms with Gasteiger partial charge in [0.2, 0.25) is 0 Å². The zero-order valence-corrected chi connectivity index (χ0v) is 15.2. The molecule has 0 radical (unpaired) electrons. The number of aromatic nitrogens is 3. The number of amides is 2. The first-order chi connectivity index (χ1) is 12.1. The summed E-state index contributed by atoms with van der Waals surface area (Å²) >= 11 is 7.52. The third-order valence-electron chi connectivity index (χ3n) is 3.54. The van der Waals surface area contributed by atoms with Gasteiger partial charge in [-0.2, -0.15) is 0 Å². The highest BCUT2D eigenvalue weighted by Gasteiger charge is 2.15. The van der Waals surface area contributed by atoms with Crippen LogP contribution in [0.4, 0.5) is 4.79 Å². The van der Waals surface area contributed by atoms with Crippen LogP contribution in [0.5, 0.6) is 0 Å². The van der Waals surface area contributed by atoms with Gasteiger partial charge in [0, 0.05) is 28.4 Å². The van der Waals surface area contributed by atoms with E-state index in [1.165, 1.54) is 0 Å². The number of carbonyl (C=O) groups excluding carboxylic acids is 1. The van der Waals surface area contributed by atoms with Gasteiger partial charge in [-0.1, -0.05) is 17.7 Å². The number of fused-ring (bicyclic) bond motifs is 1. The summed E-state index contributed by atoms with van der Waals surface area (Å²) in [6.45, 7) is 2.44. The lowest BCUT2D eigenvalue weighted by atomic mass is 10.3. The number of hydrogen-bond donors (Lipinski definition) is 2. The summed E-state index contributed by atoms with van der Waals surface area (Å²) in [6, 6.07) is 12.8. The zero-order valence-electron chi connectivity index (χ0n) is 13.6. The van der Waals surface area contributed by atoms with E-state index >= 15 is 0 Å². The van der Waals surface area contributed by atoms with Gasteiger partial charge in [0.25, 0.3) is 0 Å². The normalized spacial score (nSPS) is 12.1. The molecule has 0 fully saturated rings. The fourth-order valence-electron chi connectivity index (χ4n) is 2.33. The zero-order chi connectivity index (χ0) is 17.6. The van der Waals surface area contributed by atoms with E-state index in [9.17, 15) is 4.79 Å². The Hall–Kier alpha value is -2.25. The Kier molecular flexibility index (Phi) is 5.78. The van der Waals surface area contributed by atoms with Crippen molar-refractivity contribution in [3.8, 4) is 0 Å². The third-order valence-corrected chi connectivity index (χ3v) is 4.81. The highest BCUT2D eigenvalue weighted by atomic mass is 35.5. The molecular weight excluding hydrogens is 358 g/mol. The Morgan fingerprint density at radius 1 is 1.24 bits per heavy atom. The molecule has 0 saturated carbocycles. The SMILES string of the molecule is CC(NC(=O)NCCSc1ccc(Cl)cc1)c1nnc2ccccn12. The molecule has 3 rings (SSSR count). The summed E-state index contributed by atoms with van der Waals surface area (Å²) in [4.78, 5) is 13.2. The molecule has 0 aliphatic heterocycles. The fourth-order valence-corrected chi connectivity index (χ4v) is 3.23. The van der Waals surface area contributed by atoms with Gasteiger partial charge in [0.15, 0.2) is 11.5 Å². The smallest absolute Gasteiger partial charge is 0.315 e. The third kappa shape index (κ3) is 4.64. The van der Waals surface area contributed by atoms with E-state index in [-0.39, 0.29) is 12.1 Å². The number of nitrogens with one attached hydrogen (secondary N) is 2. The average molecular weight is 376 g/mol. The van der Waals surface area contributed by atoms with Gasteiger partial charge in [-0.05, 0) is 43.3 Å². The second kappa shape index (κ2) is 8.22. The highest BCUT2D eigenvalue weighted by Crippen LogP contribution is 2.19. The molecule has 0 bridgehead atoms. The monoisotopic (exact) mass is 375 g/mol. The molecule has 0 spiro atoms. The summed E-state index contributed by atoms with van der Waals surface area (Å²) < 4.78 is 1.86. The maximum absolute atomic E-state index is 12.0. The minimum absolute atomic E-state index is 0.225. The molecule has 0 aliphatic rings. The average Bonchev–Trinajstić information content (AvgIpc) is 3.04. The van der Waals surface area contributed by atoms with Crippen molar-refractivity contribution in [3.63, 3.8) is 0 Å². The molecular formula is C17H18ClN5OS. The van der Waals surface area contributed by atoms with E-state index in [2.05, 4.69) is 20.8 Å². The summed E-state index contributed by atoms with van der Waals surface area (Å²) in [6.07, 6.45) is 1.88. The lowest BCUT2D eigenvalue weighted by molar-refractivity contribution is 0.238. The molecule has 2 heterocycles. The topological polar surface area (TPSA) is 71.3 Å². The van der Waals surface area contributed by atoms with Crippen LogP contribution < -0.4 is 10.6 Å². The van der Waals surface area contributed by atoms with Gasteiger partial charge in [-0.3, -0.25) is 4.40 Å². The van der Waals surface area contributed by atoms with Crippen LogP contribution in [0.15, 0.2) is 53.6 Å². The molecule has 2 amide bonds. The van der Waals surface area contributed by atoms with Gasteiger partial charge in [-0.15, -0.1) is 22.0 Å². The van der Waals surface area contributed by atoms with Gasteiger partial charge in [0.1, 0.15) is 0 Å². The fraction of sp³-hybridized carbons (Fsp3) is 0.235. The van der Waals surface area contributed by atoms with Crippen molar-refractivity contribution in [1.29, 1.82) is 0 Å². The van der Waals surface area contributed by atoms with Gasteiger partial charge in [-0.25, -0.2) is 4.79 Å². The summed E-state index contributed by atoms with van der Waals surface area (Å²) in [7, 11) is 0. The van der Waals surface area contributed by atoms with Crippen molar-refractivity contribution in [3.05, 3.63) is 59.5 Å². The van der Waals surface area contributed by atoms with Gasteiger partial charge >= 0.3 is 6.03 Å². The highest BCUT2D eigenvalue weighted by molar-refractivity contribution is 7.99. The maximum atomic E-state index is 12.0. The molecule has 8 heteroatoms. The van der Waals surface area contributed by atoms with E-state index in [1.54, 1.807) is 11.8 Å². The van der Waals surface area contributed by atoms with Gasteiger partial charge < -0.3 is 10.6 Å². The van der Waals surface area contributed by atoms with Crippen LogP contribution >= 0.6 is 23.4 Å². The Morgan fingerprint density at radius 3 is 2.84 bits per heavy atom. The number of hydrogen-bond acceptors (Lipinski definition) is 4. The Morgan fingerprint density at radius 2 is 2.04 bits per heavy atom. The lowest BCUT2D eigenvalue weighted by Gasteiger charge is -2.13. The van der Waals surface area contributed by atoms with E-state index in [0.29, 0.717) is 12.4 Å². The number of halogens is 1. The number of nitrogens with zero attached hydrogens (tertiary/aromatic N) is 3. The van der Waals surface area contributed by atoms with Crippen LogP contribution in [-0.4, -0.2) is 32.9 Å². The maximum Gasteiger partial charge on any atom is 0.315 e. The number of urea groups is 1. The minimum atomic E-state index is -0.249. The summed E-state index contributed by atoms with van der Waals surface area (Å²) in [5.41, 5.74) is 0.755. The second-order valence-electron chi connectivity index (χ2n) is 5.41. The molecule has 0 aliphatic carbocycles. The number of benzene rings is 1. The Labute approximate surface area is 155 Å². The summed E-state index contributed by atoms with van der Waals surface area (Å²) in [5, 5.41) is 14.7. The van der Waals surface area contributed by atoms with Crippen molar-refractivity contribution in [2.75, 3.05) is 12.3 Å². The molecule has 1 unspecified atom stereocenters. The van der Waals surface area contributed by atoms with Crippen molar-refractivity contribution >= 4 is 35.0 Å². The van der Waals surface area contributed by atoms with E-state index in [1.807, 2.05) is 60.0 Å². The standard InChI is InChI=1S/C17H18ClN5OS/c1-12(16-22-21-15-4-2-3-10-23(15)16)20-17(24)19-9-11-25-14-7-5-13(18)6-8-14/h2-8,10,12H,9,11H2,1H3,(H2,19,20,24). The second-order valence-corrected chi connectivity index (χ2v) is 7.02. The van der Waals surface area contributed by atoms with Crippen molar-refractivity contribution in [1.82, 2.24) is 25.2 Å². The largest absolute Gasteiger partial charge is 0.337 e. The quantitative estimate of drug-likeness (QED) is 0.510. The molecule has 3 aromatic rings. The van der Waals surface area contributed by atoms with Crippen LogP contribution in [-0.2, 0) is 0 Å². The molecule has 2 N–H and O–H groups in total. The molecule has 1 atom stereocenters. The van der Waals surface area contributed by atoms with Gasteiger partial charge in [0.05, 0.1) is 6.04 Å². The van der Waals surface area contributed by atoms with E-state index in [4.69, 9.17) is 11.6 Å². The van der Waals surface area contributed by atoms with Crippen LogP contribution in [0.25, 0.3) is 5.65 Å². The molecule has 1 aromatic carbocycles. The molecule has 6 nitrogen and oxygen atoms in total. The van der Waals surface area contributed by atoms with Crippen LogP contribution in [0.1, 0.15) is 18.8 Å². The van der Waals surface area contributed by atoms with Crippen LogP contribution in [0, 0.1) is 0 Å². The minimum Gasteiger partial charge on any atom is -0.337 e. The first-order valence-electron chi connectivity index (χ1n) is 7.86.